The van der Waals surface area contributed by atoms with E-state index < -0.39 is 11.8 Å². The van der Waals surface area contributed by atoms with Gasteiger partial charge >= 0.3 is 0 Å². The average molecular weight is 526 g/mol. The van der Waals surface area contributed by atoms with Gasteiger partial charge in [-0.25, -0.2) is 0 Å². The number of carbonyl (C=O) groups is 2. The Labute approximate surface area is 228 Å². The minimum Gasteiger partial charge on any atom is -0.357 e. The zero-order valence-corrected chi connectivity index (χ0v) is 22.0. The second-order valence-corrected chi connectivity index (χ2v) is 9.11. The molecule has 2 aromatic heterocycles. The number of nitrogens with zero attached hydrogens (tertiary/aromatic N) is 4. The second-order valence-electron chi connectivity index (χ2n) is 9.11. The van der Waals surface area contributed by atoms with Gasteiger partial charge < -0.3 is 14.8 Å². The summed E-state index contributed by atoms with van der Waals surface area (Å²) in [5.74, 6) is -0.130. The SMILES string of the molecule is CCOC(CN1C(=O)C(Cc2ccncc2)(Cc2ccncc2)NC1=CC(=O)c1ccc(C#N)cc1)OCC. The van der Waals surface area contributed by atoms with Crippen molar-refractivity contribution in [1.29, 1.82) is 5.26 Å². The molecule has 4 rings (SSSR count). The van der Waals surface area contributed by atoms with Crippen LogP contribution in [0.5, 0.6) is 0 Å². The molecule has 0 unspecified atom stereocenters. The van der Waals surface area contributed by atoms with Gasteiger partial charge in [0.25, 0.3) is 5.91 Å². The van der Waals surface area contributed by atoms with Crippen molar-refractivity contribution < 1.29 is 19.1 Å². The summed E-state index contributed by atoms with van der Waals surface area (Å²) >= 11 is 0. The van der Waals surface area contributed by atoms with Crippen molar-refractivity contribution in [3.05, 3.63) is 107 Å². The molecular weight excluding hydrogens is 494 g/mol. The van der Waals surface area contributed by atoms with Crippen LogP contribution in [0.4, 0.5) is 0 Å². The minimum absolute atomic E-state index is 0.106. The Morgan fingerprint density at radius 1 is 0.974 bits per heavy atom. The third kappa shape index (κ3) is 6.74. The maximum Gasteiger partial charge on any atom is 0.254 e. The highest BCUT2D eigenvalue weighted by Gasteiger charge is 2.49. The molecule has 1 fully saturated rings. The predicted octanol–water partition coefficient (Wildman–Crippen LogP) is 3.43. The Bertz CT molecular complexity index is 1290. The fraction of sp³-hybridized carbons (Fsp3) is 0.300. The number of allylic oxidation sites excluding steroid dienone is 1. The Balaban J connectivity index is 1.76. The van der Waals surface area contributed by atoms with Gasteiger partial charge in [0.15, 0.2) is 12.1 Å². The van der Waals surface area contributed by atoms with Crippen molar-refractivity contribution in [1.82, 2.24) is 20.2 Å². The third-order valence-corrected chi connectivity index (χ3v) is 6.43. The first kappa shape index (κ1) is 27.6. The number of nitrogens with one attached hydrogen (secondary N) is 1. The van der Waals surface area contributed by atoms with Crippen molar-refractivity contribution in [3.8, 4) is 6.07 Å². The number of ether oxygens (including phenoxy) is 2. The molecule has 0 radical (unpaired) electrons. The summed E-state index contributed by atoms with van der Waals surface area (Å²) in [7, 11) is 0. The molecule has 200 valence electrons. The van der Waals surface area contributed by atoms with Crippen LogP contribution in [-0.2, 0) is 27.1 Å². The lowest BCUT2D eigenvalue weighted by atomic mass is 9.85. The van der Waals surface area contributed by atoms with Gasteiger partial charge in [0.1, 0.15) is 11.4 Å². The molecule has 3 aromatic rings. The van der Waals surface area contributed by atoms with E-state index in [1.54, 1.807) is 54.0 Å². The van der Waals surface area contributed by atoms with Crippen LogP contribution in [0, 0.1) is 11.3 Å². The molecule has 1 N–H and O–H groups in total. The highest BCUT2D eigenvalue weighted by molar-refractivity contribution is 6.06. The minimum atomic E-state index is -1.08. The Morgan fingerprint density at radius 2 is 1.51 bits per heavy atom. The lowest BCUT2D eigenvalue weighted by Gasteiger charge is -2.28. The number of aromatic nitrogens is 2. The maximum atomic E-state index is 14.3. The summed E-state index contributed by atoms with van der Waals surface area (Å²) in [5.41, 5.74) is 1.63. The molecule has 0 atom stereocenters. The molecule has 1 saturated heterocycles. The van der Waals surface area contributed by atoms with E-state index in [9.17, 15) is 9.59 Å². The van der Waals surface area contributed by atoms with E-state index >= 15 is 0 Å². The van der Waals surface area contributed by atoms with E-state index in [0.29, 0.717) is 43.0 Å². The monoisotopic (exact) mass is 525 g/mol. The average Bonchev–Trinajstić information content (AvgIpc) is 3.19. The van der Waals surface area contributed by atoms with Gasteiger partial charge in [-0.1, -0.05) is 0 Å². The number of benzene rings is 1. The van der Waals surface area contributed by atoms with Crippen LogP contribution >= 0.6 is 0 Å². The van der Waals surface area contributed by atoms with Crippen molar-refractivity contribution in [3.63, 3.8) is 0 Å². The number of rotatable bonds is 12. The number of hydrogen-bond acceptors (Lipinski definition) is 8. The first-order chi connectivity index (χ1) is 19.0. The van der Waals surface area contributed by atoms with Crippen molar-refractivity contribution in [2.75, 3.05) is 19.8 Å². The standard InChI is InChI=1S/C30H31N5O4/c1-3-38-28(39-4-2)21-35-27(17-26(36)25-7-5-24(20-31)6-8-25)34-30(29(35)37,18-22-9-13-32-14-10-22)19-23-11-15-33-16-12-23/h5-17,28,34H,3-4,18-19,21H2,1-2H3. The van der Waals surface area contributed by atoms with Gasteiger partial charge in [-0.05, 0) is 73.5 Å². The molecule has 1 aromatic carbocycles. The van der Waals surface area contributed by atoms with E-state index in [2.05, 4.69) is 21.4 Å². The molecule has 1 aliphatic rings. The van der Waals surface area contributed by atoms with Crippen LogP contribution in [0.15, 0.2) is 85.2 Å². The van der Waals surface area contributed by atoms with Crippen molar-refractivity contribution in [2.45, 2.75) is 38.5 Å². The Morgan fingerprint density at radius 3 is 2.00 bits per heavy atom. The summed E-state index contributed by atoms with van der Waals surface area (Å²) in [6.07, 6.45) is 8.26. The zero-order valence-electron chi connectivity index (χ0n) is 22.0. The molecule has 9 heteroatoms. The summed E-state index contributed by atoms with van der Waals surface area (Å²) in [4.78, 5) is 37.4. The number of hydrogen-bond donors (Lipinski definition) is 1. The molecule has 9 nitrogen and oxygen atoms in total. The van der Waals surface area contributed by atoms with E-state index in [1.807, 2.05) is 38.1 Å². The molecule has 0 aliphatic carbocycles. The first-order valence-electron chi connectivity index (χ1n) is 12.9. The first-order valence-corrected chi connectivity index (χ1v) is 12.9. The Hall–Kier alpha value is -4.39. The lowest BCUT2D eigenvalue weighted by Crippen LogP contribution is -2.51. The van der Waals surface area contributed by atoms with Crippen molar-refractivity contribution >= 4 is 11.7 Å². The largest absolute Gasteiger partial charge is 0.357 e. The smallest absolute Gasteiger partial charge is 0.254 e. The van der Waals surface area contributed by atoms with Crippen molar-refractivity contribution in [2.24, 2.45) is 0 Å². The van der Waals surface area contributed by atoms with Crippen LogP contribution < -0.4 is 5.32 Å². The normalized spacial score (nSPS) is 15.4. The molecule has 0 spiro atoms. The number of pyridine rings is 2. The number of carbonyl (C=O) groups excluding carboxylic acids is 2. The fourth-order valence-electron chi connectivity index (χ4n) is 4.62. The zero-order chi connectivity index (χ0) is 27.7. The molecule has 3 heterocycles. The fourth-order valence-corrected chi connectivity index (χ4v) is 4.62. The van der Waals surface area contributed by atoms with E-state index in [0.717, 1.165) is 11.1 Å². The second kappa shape index (κ2) is 12.9. The van der Waals surface area contributed by atoms with Gasteiger partial charge in [0.05, 0.1) is 18.2 Å². The Kier molecular flexibility index (Phi) is 9.15. The van der Waals surface area contributed by atoms with E-state index in [-0.39, 0.29) is 18.2 Å². The van der Waals surface area contributed by atoms with Crippen LogP contribution in [0.1, 0.15) is 40.9 Å². The third-order valence-electron chi connectivity index (χ3n) is 6.43. The van der Waals surface area contributed by atoms with Gasteiger partial charge in [0, 0.05) is 62.5 Å². The van der Waals surface area contributed by atoms with Gasteiger partial charge in [-0.2, -0.15) is 5.26 Å². The van der Waals surface area contributed by atoms with Crippen LogP contribution in [0.3, 0.4) is 0 Å². The highest BCUT2D eigenvalue weighted by Crippen LogP contribution is 2.31. The van der Waals surface area contributed by atoms with E-state index in [1.165, 1.54) is 6.08 Å². The van der Waals surface area contributed by atoms with Crippen LogP contribution in [0.2, 0.25) is 0 Å². The number of nitriles is 1. The summed E-state index contributed by atoms with van der Waals surface area (Å²) in [5, 5.41) is 12.5. The molecule has 39 heavy (non-hydrogen) atoms. The van der Waals surface area contributed by atoms with Crippen LogP contribution in [-0.4, -0.2) is 58.1 Å². The van der Waals surface area contributed by atoms with Gasteiger partial charge in [0.2, 0.25) is 0 Å². The molecule has 1 aliphatic heterocycles. The lowest BCUT2D eigenvalue weighted by molar-refractivity contribution is -0.155. The van der Waals surface area contributed by atoms with Gasteiger partial charge in [-0.15, -0.1) is 0 Å². The summed E-state index contributed by atoms with van der Waals surface area (Å²) < 4.78 is 11.5. The number of amides is 1. The number of ketones is 1. The summed E-state index contributed by atoms with van der Waals surface area (Å²) in [6.45, 7) is 4.64. The maximum absolute atomic E-state index is 14.3. The highest BCUT2D eigenvalue weighted by atomic mass is 16.7. The molecule has 1 amide bonds. The molecular formula is C30H31N5O4. The molecule has 0 saturated carbocycles. The summed E-state index contributed by atoms with van der Waals surface area (Å²) in [6, 6.07) is 15.9. The quantitative estimate of drug-likeness (QED) is 0.217. The van der Waals surface area contributed by atoms with Gasteiger partial charge in [-0.3, -0.25) is 24.5 Å². The predicted molar refractivity (Wildman–Crippen MR) is 144 cm³/mol. The van der Waals surface area contributed by atoms with E-state index in [4.69, 9.17) is 14.7 Å². The molecule has 0 bridgehead atoms. The van der Waals surface area contributed by atoms with Crippen LogP contribution in [0.25, 0.3) is 0 Å². The topological polar surface area (TPSA) is 117 Å².